The van der Waals surface area contributed by atoms with E-state index in [9.17, 15) is 15.0 Å². The summed E-state index contributed by atoms with van der Waals surface area (Å²) in [6.07, 6.45) is -0.750. The number of aryl methyl sites for hydroxylation is 1. The summed E-state index contributed by atoms with van der Waals surface area (Å²) in [6.45, 7) is 2.50. The quantitative estimate of drug-likeness (QED) is 0.817. The molecule has 0 fully saturated rings. The van der Waals surface area contributed by atoms with E-state index in [4.69, 9.17) is 4.74 Å². The van der Waals surface area contributed by atoms with Crippen LogP contribution in [0.25, 0.3) is 0 Å². The Hall–Kier alpha value is -2.37. The highest BCUT2D eigenvalue weighted by atomic mass is 16.5. The van der Waals surface area contributed by atoms with Gasteiger partial charge in [0.1, 0.15) is 17.9 Å². The standard InChI is InChI=1S/C19H23NO4/c1-13-9-15(17(21)11-20(2)3)10-16(19(22)23)18(13)24-12-14-7-5-4-6-8-14/h4-10,17,21H,11-12H2,1-3H3,(H,22,23). The van der Waals surface area contributed by atoms with Crippen LogP contribution in [0.4, 0.5) is 0 Å². The molecule has 0 saturated heterocycles. The zero-order valence-corrected chi connectivity index (χ0v) is 14.2. The lowest BCUT2D eigenvalue weighted by Crippen LogP contribution is -2.20. The molecule has 0 heterocycles. The number of aliphatic hydroxyl groups is 1. The maximum atomic E-state index is 11.6. The molecule has 0 aliphatic heterocycles. The first-order chi connectivity index (χ1) is 11.4. The molecule has 2 aromatic rings. The fourth-order valence-corrected chi connectivity index (χ4v) is 2.53. The second-order valence-electron chi connectivity index (χ2n) is 6.07. The minimum absolute atomic E-state index is 0.0683. The lowest BCUT2D eigenvalue weighted by molar-refractivity contribution is 0.0691. The predicted molar refractivity (Wildman–Crippen MR) is 92.4 cm³/mol. The van der Waals surface area contributed by atoms with Gasteiger partial charge in [-0.25, -0.2) is 4.79 Å². The predicted octanol–water partition coefficient (Wildman–Crippen LogP) is 2.87. The topological polar surface area (TPSA) is 70.0 Å². The molecule has 1 atom stereocenters. The van der Waals surface area contributed by atoms with Crippen molar-refractivity contribution in [3.8, 4) is 5.75 Å². The van der Waals surface area contributed by atoms with E-state index in [2.05, 4.69) is 0 Å². The SMILES string of the molecule is Cc1cc(C(O)CN(C)C)cc(C(=O)O)c1OCc1ccccc1. The molecule has 2 rings (SSSR count). The number of hydrogen-bond donors (Lipinski definition) is 2. The Labute approximate surface area is 142 Å². The van der Waals surface area contributed by atoms with Crippen molar-refractivity contribution in [2.45, 2.75) is 19.6 Å². The molecule has 0 amide bonds. The number of carboxylic acids is 1. The molecule has 5 nitrogen and oxygen atoms in total. The van der Waals surface area contributed by atoms with Crippen LogP contribution in [0.1, 0.15) is 33.2 Å². The first kappa shape index (κ1) is 18.0. The number of aliphatic hydroxyl groups excluding tert-OH is 1. The molecule has 0 radical (unpaired) electrons. The van der Waals surface area contributed by atoms with Crippen molar-refractivity contribution in [3.63, 3.8) is 0 Å². The van der Waals surface area contributed by atoms with Crippen molar-refractivity contribution in [2.24, 2.45) is 0 Å². The van der Waals surface area contributed by atoms with Gasteiger partial charge in [-0.2, -0.15) is 0 Å². The summed E-state index contributed by atoms with van der Waals surface area (Å²) in [6, 6.07) is 12.8. The van der Waals surface area contributed by atoms with E-state index in [1.54, 1.807) is 13.0 Å². The lowest BCUT2D eigenvalue weighted by Gasteiger charge is -2.19. The van der Waals surface area contributed by atoms with E-state index in [-0.39, 0.29) is 5.56 Å². The van der Waals surface area contributed by atoms with Gasteiger partial charge in [-0.3, -0.25) is 0 Å². The number of aromatic carboxylic acids is 1. The number of ether oxygens (including phenoxy) is 1. The van der Waals surface area contributed by atoms with Crippen LogP contribution in [0.15, 0.2) is 42.5 Å². The maximum Gasteiger partial charge on any atom is 0.339 e. The minimum atomic E-state index is -1.07. The van der Waals surface area contributed by atoms with Gasteiger partial charge in [0, 0.05) is 6.54 Å². The molecule has 1 unspecified atom stereocenters. The zero-order chi connectivity index (χ0) is 17.7. The van der Waals surface area contributed by atoms with Crippen LogP contribution in [0.2, 0.25) is 0 Å². The number of carbonyl (C=O) groups is 1. The molecule has 0 aromatic heterocycles. The van der Waals surface area contributed by atoms with Gasteiger partial charge in [0.05, 0.1) is 6.10 Å². The first-order valence-electron chi connectivity index (χ1n) is 7.76. The lowest BCUT2D eigenvalue weighted by atomic mass is 10.0. The average Bonchev–Trinajstić information content (AvgIpc) is 2.53. The Morgan fingerprint density at radius 1 is 1.21 bits per heavy atom. The van der Waals surface area contributed by atoms with E-state index < -0.39 is 12.1 Å². The van der Waals surface area contributed by atoms with E-state index in [1.807, 2.05) is 49.3 Å². The summed E-state index contributed by atoms with van der Waals surface area (Å²) >= 11 is 0. The number of nitrogens with zero attached hydrogens (tertiary/aromatic N) is 1. The summed E-state index contributed by atoms with van der Waals surface area (Å²) in [5.74, 6) is -0.729. The molecule has 5 heteroatoms. The monoisotopic (exact) mass is 329 g/mol. The number of rotatable bonds is 7. The van der Waals surface area contributed by atoms with Crippen molar-refractivity contribution in [2.75, 3.05) is 20.6 Å². The molecule has 2 aromatic carbocycles. The molecule has 24 heavy (non-hydrogen) atoms. The van der Waals surface area contributed by atoms with Gasteiger partial charge in [0.15, 0.2) is 0 Å². The second-order valence-corrected chi connectivity index (χ2v) is 6.07. The van der Waals surface area contributed by atoms with Crippen LogP contribution < -0.4 is 4.74 Å². The summed E-state index contributed by atoms with van der Waals surface area (Å²) in [5, 5.41) is 19.7. The Morgan fingerprint density at radius 3 is 2.46 bits per heavy atom. The summed E-state index contributed by atoms with van der Waals surface area (Å²) in [7, 11) is 3.71. The van der Waals surface area contributed by atoms with E-state index in [0.717, 1.165) is 5.56 Å². The number of benzene rings is 2. The van der Waals surface area contributed by atoms with Crippen LogP contribution >= 0.6 is 0 Å². The zero-order valence-electron chi connectivity index (χ0n) is 14.2. The summed E-state index contributed by atoms with van der Waals surface area (Å²) in [5.41, 5.74) is 2.30. The smallest absolute Gasteiger partial charge is 0.339 e. The molecule has 0 aliphatic rings. The highest BCUT2D eigenvalue weighted by Crippen LogP contribution is 2.29. The van der Waals surface area contributed by atoms with Crippen LogP contribution in [-0.4, -0.2) is 41.7 Å². The Kier molecular flexibility index (Phi) is 5.95. The van der Waals surface area contributed by atoms with Crippen molar-refractivity contribution in [1.82, 2.24) is 4.90 Å². The maximum absolute atomic E-state index is 11.6. The van der Waals surface area contributed by atoms with Crippen molar-refractivity contribution in [1.29, 1.82) is 0 Å². The molecular formula is C19H23NO4. The van der Waals surface area contributed by atoms with Crippen molar-refractivity contribution in [3.05, 3.63) is 64.7 Å². The fraction of sp³-hybridized carbons (Fsp3) is 0.316. The van der Waals surface area contributed by atoms with Crippen LogP contribution in [0, 0.1) is 6.92 Å². The van der Waals surface area contributed by atoms with Crippen LogP contribution in [0.3, 0.4) is 0 Å². The molecule has 0 saturated carbocycles. The van der Waals surface area contributed by atoms with Gasteiger partial charge in [0.2, 0.25) is 0 Å². The van der Waals surface area contributed by atoms with E-state index in [0.29, 0.717) is 30.0 Å². The Balaban J connectivity index is 2.28. The summed E-state index contributed by atoms with van der Waals surface area (Å²) in [4.78, 5) is 13.5. The van der Waals surface area contributed by atoms with Crippen LogP contribution in [-0.2, 0) is 6.61 Å². The molecular weight excluding hydrogens is 306 g/mol. The third-order valence-corrected chi connectivity index (χ3v) is 3.68. The third kappa shape index (κ3) is 4.57. The molecule has 0 bridgehead atoms. The van der Waals surface area contributed by atoms with Crippen molar-refractivity contribution < 1.29 is 19.7 Å². The number of hydrogen-bond acceptors (Lipinski definition) is 4. The van der Waals surface area contributed by atoms with Gasteiger partial charge < -0.3 is 19.8 Å². The average molecular weight is 329 g/mol. The van der Waals surface area contributed by atoms with Crippen molar-refractivity contribution >= 4 is 5.97 Å². The largest absolute Gasteiger partial charge is 0.488 e. The molecule has 2 N–H and O–H groups in total. The third-order valence-electron chi connectivity index (χ3n) is 3.68. The summed E-state index contributed by atoms with van der Waals surface area (Å²) < 4.78 is 5.76. The van der Waals surface area contributed by atoms with Gasteiger partial charge in [-0.05, 0) is 49.8 Å². The van der Waals surface area contributed by atoms with E-state index in [1.165, 1.54) is 6.07 Å². The number of carboxylic acid groups (broad SMARTS) is 1. The molecule has 128 valence electrons. The highest BCUT2D eigenvalue weighted by Gasteiger charge is 2.19. The Bertz CT molecular complexity index is 698. The van der Waals surface area contributed by atoms with Gasteiger partial charge >= 0.3 is 5.97 Å². The Morgan fingerprint density at radius 2 is 1.88 bits per heavy atom. The number of likely N-dealkylation sites (N-methyl/N-ethyl adjacent to an activating group) is 1. The normalized spacial score (nSPS) is 12.2. The molecule has 0 aliphatic carbocycles. The first-order valence-corrected chi connectivity index (χ1v) is 7.76. The van der Waals surface area contributed by atoms with Crippen LogP contribution in [0.5, 0.6) is 5.75 Å². The molecule has 0 spiro atoms. The van der Waals surface area contributed by atoms with Gasteiger partial charge in [-0.15, -0.1) is 0 Å². The minimum Gasteiger partial charge on any atom is -0.488 e. The van der Waals surface area contributed by atoms with Gasteiger partial charge in [-0.1, -0.05) is 30.3 Å². The second kappa shape index (κ2) is 7.95. The van der Waals surface area contributed by atoms with Gasteiger partial charge in [0.25, 0.3) is 0 Å². The fourth-order valence-electron chi connectivity index (χ4n) is 2.53. The highest BCUT2D eigenvalue weighted by molar-refractivity contribution is 5.91. The van der Waals surface area contributed by atoms with E-state index >= 15 is 0 Å².